The fourth-order valence-corrected chi connectivity index (χ4v) is 4.81. The predicted molar refractivity (Wildman–Crippen MR) is 124 cm³/mol. The molecule has 1 aromatic carbocycles. The number of piperidine rings is 1. The number of carboxylic acid groups (broad SMARTS) is 1. The van der Waals surface area contributed by atoms with Crippen molar-refractivity contribution in [3.8, 4) is 11.4 Å². The summed E-state index contributed by atoms with van der Waals surface area (Å²) >= 11 is 0. The van der Waals surface area contributed by atoms with Crippen molar-refractivity contribution < 1.29 is 27.8 Å². The number of hydrogen-bond acceptors (Lipinski definition) is 5. The summed E-state index contributed by atoms with van der Waals surface area (Å²) in [7, 11) is 0. The smallest absolute Gasteiger partial charge is 0.416 e. The predicted octanol–water partition coefficient (Wildman–Crippen LogP) is 5.13. The molecule has 0 unspecified atom stereocenters. The van der Waals surface area contributed by atoms with Crippen LogP contribution in [0.15, 0.2) is 36.5 Å². The van der Waals surface area contributed by atoms with Crippen LogP contribution in [0, 0.1) is 11.3 Å². The number of rotatable bonds is 7. The summed E-state index contributed by atoms with van der Waals surface area (Å²) in [6.07, 6.45) is 1.50. The molecule has 3 heterocycles. The Morgan fingerprint density at radius 2 is 1.97 bits per heavy atom. The number of H-pyrrole nitrogens is 1. The lowest BCUT2D eigenvalue weighted by Crippen LogP contribution is -2.43. The Morgan fingerprint density at radius 3 is 2.57 bits per heavy atom. The first-order valence-electron chi connectivity index (χ1n) is 11.8. The molecule has 7 nitrogen and oxygen atoms in total. The number of aliphatic carboxylic acids is 1. The van der Waals surface area contributed by atoms with Gasteiger partial charge in [-0.2, -0.15) is 13.2 Å². The number of halogens is 3. The van der Waals surface area contributed by atoms with Gasteiger partial charge in [0.2, 0.25) is 0 Å². The van der Waals surface area contributed by atoms with E-state index in [2.05, 4.69) is 19.9 Å². The number of nitrogens with zero attached hydrogens (tertiary/aromatic N) is 3. The number of aromatic amines is 1. The molecular formula is C25H27F3N4O3. The molecule has 2 aliphatic rings. The highest BCUT2D eigenvalue weighted by molar-refractivity contribution is 5.80. The Hall–Kier alpha value is -3.14. The fourth-order valence-electron chi connectivity index (χ4n) is 4.81. The van der Waals surface area contributed by atoms with Crippen LogP contribution in [0.2, 0.25) is 0 Å². The van der Waals surface area contributed by atoms with Gasteiger partial charge in [0.15, 0.2) is 0 Å². The van der Waals surface area contributed by atoms with Crippen LogP contribution in [0.3, 0.4) is 0 Å². The average Bonchev–Trinajstić information content (AvgIpc) is 3.24. The topological polar surface area (TPSA) is 91.3 Å². The van der Waals surface area contributed by atoms with Crippen molar-refractivity contribution in [2.24, 2.45) is 11.3 Å². The highest BCUT2D eigenvalue weighted by Gasteiger charge is 2.44. The first-order chi connectivity index (χ1) is 16.7. The highest BCUT2D eigenvalue weighted by Crippen LogP contribution is 2.41. The van der Waals surface area contributed by atoms with E-state index < -0.39 is 23.1 Å². The molecule has 3 aromatic rings. The van der Waals surface area contributed by atoms with Crippen molar-refractivity contribution in [3.05, 3.63) is 42.1 Å². The van der Waals surface area contributed by atoms with Gasteiger partial charge in [0.1, 0.15) is 11.6 Å². The second-order valence-corrected chi connectivity index (χ2v) is 9.60. The minimum absolute atomic E-state index is 0.297. The third-order valence-electron chi connectivity index (χ3n) is 7.27. The van der Waals surface area contributed by atoms with Crippen LogP contribution in [-0.2, 0) is 15.7 Å². The summed E-state index contributed by atoms with van der Waals surface area (Å²) < 4.78 is 44.7. The number of carboxylic acids is 1. The lowest BCUT2D eigenvalue weighted by Gasteiger charge is -2.38. The Balaban J connectivity index is 1.16. The number of anilines is 1. The molecule has 1 aliphatic carbocycles. The number of benzene rings is 1. The number of aromatic nitrogens is 3. The fraction of sp³-hybridized carbons (Fsp3) is 0.480. The monoisotopic (exact) mass is 488 g/mol. The van der Waals surface area contributed by atoms with Gasteiger partial charge in [-0.15, -0.1) is 0 Å². The SMILES string of the molecule is O=C(O)C1(COCC2CCN(c3ccc(-c4nc5ccc(C(F)(F)F)cc5[nH]4)cn3)CC2)CCC1. The Bertz CT molecular complexity index is 1200. The van der Waals surface area contributed by atoms with E-state index in [9.17, 15) is 23.1 Å². The van der Waals surface area contributed by atoms with Crippen molar-refractivity contribution in [2.75, 3.05) is 31.2 Å². The molecule has 35 heavy (non-hydrogen) atoms. The quantitative estimate of drug-likeness (QED) is 0.479. The number of carbonyl (C=O) groups is 1. The molecular weight excluding hydrogens is 461 g/mol. The summed E-state index contributed by atoms with van der Waals surface area (Å²) in [5, 5.41) is 9.41. The summed E-state index contributed by atoms with van der Waals surface area (Å²) in [4.78, 5) is 25.6. The Kier molecular flexibility index (Phi) is 6.16. The van der Waals surface area contributed by atoms with Gasteiger partial charge in [0.05, 0.1) is 28.6 Å². The van der Waals surface area contributed by atoms with E-state index in [1.165, 1.54) is 6.07 Å². The van der Waals surface area contributed by atoms with Crippen molar-refractivity contribution in [2.45, 2.75) is 38.3 Å². The van der Waals surface area contributed by atoms with Gasteiger partial charge < -0.3 is 19.7 Å². The molecule has 186 valence electrons. The molecule has 5 rings (SSSR count). The van der Waals surface area contributed by atoms with E-state index in [0.717, 1.165) is 50.3 Å². The molecule has 0 radical (unpaired) electrons. The van der Waals surface area contributed by atoms with E-state index in [-0.39, 0.29) is 0 Å². The summed E-state index contributed by atoms with van der Waals surface area (Å²) in [6, 6.07) is 7.22. The first-order valence-corrected chi connectivity index (χ1v) is 11.8. The van der Waals surface area contributed by atoms with Crippen molar-refractivity contribution in [1.82, 2.24) is 15.0 Å². The second-order valence-electron chi connectivity index (χ2n) is 9.60. The van der Waals surface area contributed by atoms with Crippen LogP contribution in [0.25, 0.3) is 22.4 Å². The number of alkyl halides is 3. The normalized spacial score (nSPS) is 18.5. The molecule has 2 aromatic heterocycles. The maximum absolute atomic E-state index is 13.0. The zero-order valence-electron chi connectivity index (χ0n) is 19.1. The molecule has 0 atom stereocenters. The van der Waals surface area contributed by atoms with Crippen LogP contribution in [0.5, 0.6) is 0 Å². The van der Waals surface area contributed by atoms with E-state index >= 15 is 0 Å². The van der Waals surface area contributed by atoms with Gasteiger partial charge in [-0.1, -0.05) is 6.42 Å². The Morgan fingerprint density at radius 1 is 1.20 bits per heavy atom. The molecule has 0 bridgehead atoms. The standard InChI is InChI=1S/C25H27F3N4O3/c26-25(27,28)18-3-4-19-20(12-18)31-22(30-19)17-2-5-21(29-13-17)32-10-6-16(7-11-32)14-35-15-24(23(33)34)8-1-9-24/h2-5,12-13,16H,1,6-11,14-15H2,(H,30,31)(H,33,34). The molecule has 1 saturated heterocycles. The number of ether oxygens (including phenoxy) is 1. The summed E-state index contributed by atoms with van der Waals surface area (Å²) in [6.45, 7) is 2.53. The largest absolute Gasteiger partial charge is 0.481 e. The van der Waals surface area contributed by atoms with Gasteiger partial charge in [-0.25, -0.2) is 9.97 Å². The minimum atomic E-state index is -4.40. The maximum atomic E-state index is 13.0. The molecule has 10 heteroatoms. The molecule has 0 amide bonds. The molecule has 2 N–H and O–H groups in total. The third kappa shape index (κ3) is 4.84. The van der Waals surface area contributed by atoms with E-state index in [1.54, 1.807) is 6.20 Å². The van der Waals surface area contributed by atoms with Gasteiger partial charge in [0, 0.05) is 31.5 Å². The first kappa shape index (κ1) is 23.6. The van der Waals surface area contributed by atoms with Gasteiger partial charge in [-0.3, -0.25) is 4.79 Å². The van der Waals surface area contributed by atoms with Gasteiger partial charge in [0.25, 0.3) is 0 Å². The van der Waals surface area contributed by atoms with E-state index in [0.29, 0.717) is 54.4 Å². The maximum Gasteiger partial charge on any atom is 0.416 e. The van der Waals surface area contributed by atoms with E-state index in [4.69, 9.17) is 4.74 Å². The van der Waals surface area contributed by atoms with Gasteiger partial charge >= 0.3 is 12.1 Å². The van der Waals surface area contributed by atoms with Crippen molar-refractivity contribution >= 4 is 22.8 Å². The zero-order chi connectivity index (χ0) is 24.6. The van der Waals surface area contributed by atoms with Crippen molar-refractivity contribution in [1.29, 1.82) is 0 Å². The van der Waals surface area contributed by atoms with Crippen LogP contribution in [0.1, 0.15) is 37.7 Å². The Labute approximate surface area is 200 Å². The van der Waals surface area contributed by atoms with Crippen LogP contribution in [-0.4, -0.2) is 52.3 Å². The molecule has 0 spiro atoms. The third-order valence-corrected chi connectivity index (χ3v) is 7.27. The molecule has 1 saturated carbocycles. The molecule has 2 fully saturated rings. The van der Waals surface area contributed by atoms with Crippen LogP contribution in [0.4, 0.5) is 19.0 Å². The van der Waals surface area contributed by atoms with Crippen LogP contribution >= 0.6 is 0 Å². The number of pyridine rings is 1. The lowest BCUT2D eigenvalue weighted by atomic mass is 9.69. The van der Waals surface area contributed by atoms with Gasteiger partial charge in [-0.05, 0) is 61.9 Å². The van der Waals surface area contributed by atoms with Crippen LogP contribution < -0.4 is 4.90 Å². The summed E-state index contributed by atoms with van der Waals surface area (Å²) in [5.41, 5.74) is 0.104. The minimum Gasteiger partial charge on any atom is -0.481 e. The summed E-state index contributed by atoms with van der Waals surface area (Å²) in [5.74, 6) is 0.957. The highest BCUT2D eigenvalue weighted by atomic mass is 19.4. The van der Waals surface area contributed by atoms with Crippen molar-refractivity contribution in [3.63, 3.8) is 0 Å². The average molecular weight is 489 g/mol. The second kappa shape index (κ2) is 9.14. The van der Waals surface area contributed by atoms with E-state index in [1.807, 2.05) is 12.1 Å². The lowest BCUT2D eigenvalue weighted by molar-refractivity contribution is -0.160. The molecule has 1 aliphatic heterocycles. The number of imidazole rings is 1. The number of fused-ring (bicyclic) bond motifs is 1. The zero-order valence-corrected chi connectivity index (χ0v) is 19.1. The number of nitrogens with one attached hydrogen (secondary N) is 1. The number of hydrogen-bond donors (Lipinski definition) is 2.